The number of tetrazole rings is 1. The first-order chi connectivity index (χ1) is 17.4. The van der Waals surface area contributed by atoms with Crippen LogP contribution in [0.5, 0.6) is 0 Å². The first-order valence-electron chi connectivity index (χ1n) is 13.7. The van der Waals surface area contributed by atoms with Crippen molar-refractivity contribution in [3.05, 3.63) is 51.1 Å². The zero-order chi connectivity index (χ0) is 25.2. The van der Waals surface area contributed by atoms with E-state index in [1.165, 1.54) is 24.8 Å². The van der Waals surface area contributed by atoms with Gasteiger partial charge >= 0.3 is 0 Å². The number of H-pyrrole nitrogens is 1. The minimum atomic E-state index is -0.0267. The van der Waals surface area contributed by atoms with Gasteiger partial charge in [0.25, 0.3) is 5.56 Å². The van der Waals surface area contributed by atoms with Crippen LogP contribution in [0.15, 0.2) is 23.0 Å². The molecule has 1 aromatic carbocycles. The molecule has 3 heterocycles. The number of aromatic amines is 1. The molecule has 2 atom stereocenters. The highest BCUT2D eigenvalue weighted by molar-refractivity contribution is 5.82. The van der Waals surface area contributed by atoms with E-state index in [1.54, 1.807) is 0 Å². The minimum absolute atomic E-state index is 0.0135. The number of fused-ring (bicyclic) bond motifs is 1. The maximum Gasteiger partial charge on any atom is 0.252 e. The summed E-state index contributed by atoms with van der Waals surface area (Å²) in [5.74, 6) is 1.18. The van der Waals surface area contributed by atoms with Crippen LogP contribution in [0.3, 0.4) is 0 Å². The molecule has 2 aliphatic rings. The van der Waals surface area contributed by atoms with Crippen molar-refractivity contribution in [2.45, 2.75) is 97.4 Å². The first-order valence-corrected chi connectivity index (χ1v) is 13.7. The molecule has 0 bridgehead atoms. The molecule has 8 heteroatoms. The van der Waals surface area contributed by atoms with Crippen LogP contribution in [0.4, 0.5) is 0 Å². The molecule has 1 N–H and O–H groups in total. The van der Waals surface area contributed by atoms with Gasteiger partial charge in [0.15, 0.2) is 5.82 Å². The van der Waals surface area contributed by atoms with Crippen molar-refractivity contribution >= 4 is 10.9 Å². The number of pyridine rings is 1. The summed E-state index contributed by atoms with van der Waals surface area (Å²) in [5, 5.41) is 14.3. The largest absolute Gasteiger partial charge is 0.377 e. The Balaban J connectivity index is 1.53. The van der Waals surface area contributed by atoms with Crippen LogP contribution in [-0.4, -0.2) is 49.3 Å². The van der Waals surface area contributed by atoms with Crippen LogP contribution < -0.4 is 5.56 Å². The van der Waals surface area contributed by atoms with Crippen LogP contribution >= 0.6 is 0 Å². The fourth-order valence-corrected chi connectivity index (χ4v) is 6.26. The lowest BCUT2D eigenvalue weighted by Gasteiger charge is -2.36. The molecule has 0 radical (unpaired) electrons. The van der Waals surface area contributed by atoms with Crippen molar-refractivity contribution in [2.24, 2.45) is 5.92 Å². The molecule has 5 rings (SSSR count). The molecule has 1 saturated heterocycles. The van der Waals surface area contributed by atoms with E-state index in [0.717, 1.165) is 66.7 Å². The predicted octanol–water partition coefficient (Wildman–Crippen LogP) is 5.01. The van der Waals surface area contributed by atoms with Gasteiger partial charge in [-0.05, 0) is 79.0 Å². The third-order valence-electron chi connectivity index (χ3n) is 7.93. The minimum Gasteiger partial charge on any atom is -0.377 e. The molecule has 2 fully saturated rings. The second-order valence-electron chi connectivity index (χ2n) is 11.2. The number of ether oxygens (including phenoxy) is 1. The third-order valence-corrected chi connectivity index (χ3v) is 7.93. The summed E-state index contributed by atoms with van der Waals surface area (Å²) in [4.78, 5) is 18.8. The molecular formula is C28H40N6O2. The lowest BCUT2D eigenvalue weighted by Crippen LogP contribution is -2.40. The number of benzene rings is 1. The topological polar surface area (TPSA) is 88.9 Å². The lowest BCUT2D eigenvalue weighted by molar-refractivity contribution is 0.0375. The van der Waals surface area contributed by atoms with E-state index in [-0.39, 0.29) is 23.6 Å². The quantitative estimate of drug-likeness (QED) is 0.475. The van der Waals surface area contributed by atoms with Crippen LogP contribution in [0, 0.1) is 19.8 Å². The molecular weight excluding hydrogens is 452 g/mol. The number of rotatable bonds is 8. The van der Waals surface area contributed by atoms with E-state index < -0.39 is 0 Å². The van der Waals surface area contributed by atoms with Crippen molar-refractivity contribution in [1.29, 1.82) is 0 Å². The van der Waals surface area contributed by atoms with E-state index in [2.05, 4.69) is 76.0 Å². The molecule has 3 aromatic rings. The van der Waals surface area contributed by atoms with Gasteiger partial charge in [0.05, 0.1) is 23.7 Å². The van der Waals surface area contributed by atoms with Gasteiger partial charge in [-0.15, -0.1) is 5.10 Å². The summed E-state index contributed by atoms with van der Waals surface area (Å²) in [6, 6.07) is 6.67. The summed E-state index contributed by atoms with van der Waals surface area (Å²) in [5.41, 5.74) is 3.95. The Labute approximate surface area is 213 Å². The standard InChI is InChI=1S/C28H40N6O2/c1-18(2)26(27-30-31-32-34(27)23-9-6-5-7-10-23)33(17-24-11-8-12-36-24)16-22-15-21-14-19(3)13-20(4)25(21)29-28(22)35/h13-15,18,23-24,26H,5-12,16-17H2,1-4H3,(H,29,35)/t24-,26+/m0/s1. The Kier molecular flexibility index (Phi) is 7.53. The number of hydrogen-bond donors (Lipinski definition) is 1. The van der Waals surface area contributed by atoms with Gasteiger partial charge in [-0.3, -0.25) is 9.69 Å². The highest BCUT2D eigenvalue weighted by atomic mass is 16.5. The highest BCUT2D eigenvalue weighted by Gasteiger charge is 2.34. The summed E-state index contributed by atoms with van der Waals surface area (Å²) < 4.78 is 8.15. The van der Waals surface area contributed by atoms with E-state index in [1.807, 2.05) is 0 Å². The normalized spacial score (nSPS) is 20.1. The van der Waals surface area contributed by atoms with Crippen molar-refractivity contribution in [2.75, 3.05) is 13.2 Å². The second-order valence-corrected chi connectivity index (χ2v) is 11.2. The number of aryl methyl sites for hydroxylation is 2. The fourth-order valence-electron chi connectivity index (χ4n) is 6.26. The molecule has 1 saturated carbocycles. The van der Waals surface area contributed by atoms with Crippen LogP contribution in [-0.2, 0) is 11.3 Å². The van der Waals surface area contributed by atoms with Crippen molar-refractivity contribution in [1.82, 2.24) is 30.1 Å². The van der Waals surface area contributed by atoms with E-state index in [4.69, 9.17) is 4.74 Å². The molecule has 0 amide bonds. The van der Waals surface area contributed by atoms with Gasteiger partial charge in [-0.1, -0.05) is 44.7 Å². The summed E-state index contributed by atoms with van der Waals surface area (Å²) in [6.07, 6.45) is 8.27. The average molecular weight is 493 g/mol. The Hall–Kier alpha value is -2.58. The Morgan fingerprint density at radius 2 is 1.92 bits per heavy atom. The zero-order valence-corrected chi connectivity index (χ0v) is 22.2. The number of aromatic nitrogens is 5. The smallest absolute Gasteiger partial charge is 0.252 e. The Morgan fingerprint density at radius 1 is 1.11 bits per heavy atom. The SMILES string of the molecule is Cc1cc(C)c2[nH]c(=O)c(CN(C[C@@H]3CCCO3)[C@@H](c3nnnn3C3CCCCC3)C(C)C)cc2c1. The molecule has 194 valence electrons. The fraction of sp³-hybridized carbons (Fsp3) is 0.643. The lowest BCUT2D eigenvalue weighted by atomic mass is 9.94. The van der Waals surface area contributed by atoms with Crippen molar-refractivity contribution in [3.8, 4) is 0 Å². The molecule has 1 aliphatic carbocycles. The summed E-state index contributed by atoms with van der Waals surface area (Å²) >= 11 is 0. The van der Waals surface area contributed by atoms with Gasteiger partial charge in [-0.2, -0.15) is 0 Å². The summed E-state index contributed by atoms with van der Waals surface area (Å²) in [7, 11) is 0. The zero-order valence-electron chi connectivity index (χ0n) is 22.2. The summed E-state index contributed by atoms with van der Waals surface area (Å²) in [6.45, 7) is 10.7. The number of nitrogens with zero attached hydrogens (tertiary/aromatic N) is 5. The first kappa shape index (κ1) is 25.1. The van der Waals surface area contributed by atoms with Crippen LogP contribution in [0.25, 0.3) is 10.9 Å². The molecule has 2 aromatic heterocycles. The van der Waals surface area contributed by atoms with E-state index in [0.29, 0.717) is 12.6 Å². The Morgan fingerprint density at radius 3 is 2.64 bits per heavy atom. The maximum absolute atomic E-state index is 13.3. The van der Waals surface area contributed by atoms with Gasteiger partial charge in [-0.25, -0.2) is 4.68 Å². The van der Waals surface area contributed by atoms with E-state index >= 15 is 0 Å². The van der Waals surface area contributed by atoms with E-state index in [9.17, 15) is 4.79 Å². The molecule has 36 heavy (non-hydrogen) atoms. The predicted molar refractivity (Wildman–Crippen MR) is 141 cm³/mol. The van der Waals surface area contributed by atoms with Crippen molar-refractivity contribution in [3.63, 3.8) is 0 Å². The highest BCUT2D eigenvalue weighted by Crippen LogP contribution is 2.34. The average Bonchev–Trinajstić information content (AvgIpc) is 3.53. The van der Waals surface area contributed by atoms with Gasteiger partial charge < -0.3 is 9.72 Å². The molecule has 0 spiro atoms. The monoisotopic (exact) mass is 492 g/mol. The van der Waals surface area contributed by atoms with Crippen LogP contribution in [0.1, 0.15) is 93.4 Å². The maximum atomic E-state index is 13.3. The molecule has 0 unspecified atom stereocenters. The number of hydrogen-bond acceptors (Lipinski definition) is 6. The van der Waals surface area contributed by atoms with Gasteiger partial charge in [0, 0.05) is 25.3 Å². The molecule has 1 aliphatic heterocycles. The second kappa shape index (κ2) is 10.8. The van der Waals surface area contributed by atoms with Crippen molar-refractivity contribution < 1.29 is 4.74 Å². The van der Waals surface area contributed by atoms with Gasteiger partial charge in [0.2, 0.25) is 0 Å². The Bertz CT molecular complexity index is 1240. The van der Waals surface area contributed by atoms with Gasteiger partial charge in [0.1, 0.15) is 0 Å². The number of nitrogens with one attached hydrogen (secondary N) is 1. The third kappa shape index (κ3) is 5.25. The molecule has 8 nitrogen and oxygen atoms in total. The van der Waals surface area contributed by atoms with Crippen LogP contribution in [0.2, 0.25) is 0 Å².